The first-order valence-corrected chi connectivity index (χ1v) is 9.00. The van der Waals surface area contributed by atoms with E-state index in [1.807, 2.05) is 32.0 Å². The van der Waals surface area contributed by atoms with Crippen molar-refractivity contribution < 1.29 is 24.2 Å². The van der Waals surface area contributed by atoms with Gasteiger partial charge in [-0.05, 0) is 67.8 Å². The molecule has 0 radical (unpaired) electrons. The van der Waals surface area contributed by atoms with Gasteiger partial charge in [0.1, 0.15) is 0 Å². The average Bonchev–Trinajstić information content (AvgIpc) is 2.90. The molecule has 1 N–H and O–H groups in total. The number of hydrogen-bond donors (Lipinski definition) is 1. The van der Waals surface area contributed by atoms with E-state index in [-0.39, 0.29) is 22.6 Å². The highest BCUT2D eigenvalue weighted by atomic mass is 16.5. The van der Waals surface area contributed by atoms with Gasteiger partial charge in [-0.15, -0.1) is 0 Å². The number of anilines is 1. The first-order valence-electron chi connectivity index (χ1n) is 9.00. The number of carbonyl (C=O) groups excluding carboxylic acids is 2. The van der Waals surface area contributed by atoms with Crippen LogP contribution in [0.3, 0.4) is 0 Å². The molecule has 1 aliphatic rings. The average molecular weight is 391 g/mol. The molecule has 0 saturated heterocycles. The number of carboxylic acid groups (broad SMARTS) is 1. The lowest BCUT2D eigenvalue weighted by molar-refractivity contribution is -0.136. The van der Waals surface area contributed by atoms with E-state index in [1.165, 1.54) is 24.1 Å². The molecule has 0 aromatic heterocycles. The Hall–Kier alpha value is -3.67. The summed E-state index contributed by atoms with van der Waals surface area (Å²) in [5.41, 5.74) is 4.31. The van der Waals surface area contributed by atoms with Crippen LogP contribution in [-0.2, 0) is 14.3 Å². The number of ether oxygens (including phenoxy) is 1. The van der Waals surface area contributed by atoms with E-state index < -0.39 is 11.9 Å². The predicted octanol–water partition coefficient (Wildman–Crippen LogP) is 3.88. The maximum absolute atomic E-state index is 13.3. The summed E-state index contributed by atoms with van der Waals surface area (Å²) in [5, 5.41) is 9.04. The first kappa shape index (κ1) is 20.1. The molecule has 1 aliphatic heterocycles. The molecule has 6 nitrogen and oxygen atoms in total. The zero-order chi connectivity index (χ0) is 21.3. The third kappa shape index (κ3) is 3.82. The minimum Gasteiger partial charge on any atom is -0.478 e. The lowest BCUT2D eigenvalue weighted by atomic mass is 10.0. The number of rotatable bonds is 4. The standard InChI is InChI=1S/C23H21NO5/c1-13-9-14(2)11-18(10-13)24-15(3)20(23(28)29-4)19(21(24)25)12-16-5-7-17(8-6-16)22(26)27/h5-12H,1-4H3,(H,26,27)/b19-12-. The minimum atomic E-state index is -1.03. The highest BCUT2D eigenvalue weighted by Gasteiger charge is 2.38. The molecule has 0 unspecified atom stereocenters. The molecule has 0 atom stereocenters. The molecular formula is C23H21NO5. The van der Waals surface area contributed by atoms with Crippen LogP contribution in [0.5, 0.6) is 0 Å². The number of aromatic carboxylic acids is 1. The molecule has 0 aliphatic carbocycles. The third-order valence-corrected chi connectivity index (χ3v) is 4.72. The van der Waals surface area contributed by atoms with E-state index in [0.29, 0.717) is 16.9 Å². The van der Waals surface area contributed by atoms with Gasteiger partial charge in [0.05, 0.1) is 23.8 Å². The molecule has 2 aromatic rings. The van der Waals surface area contributed by atoms with Crippen molar-refractivity contribution in [2.75, 3.05) is 12.0 Å². The molecular weight excluding hydrogens is 370 g/mol. The van der Waals surface area contributed by atoms with E-state index in [0.717, 1.165) is 11.1 Å². The van der Waals surface area contributed by atoms with E-state index in [2.05, 4.69) is 0 Å². The maximum atomic E-state index is 13.3. The van der Waals surface area contributed by atoms with Crippen LogP contribution in [0.2, 0.25) is 0 Å². The van der Waals surface area contributed by atoms with E-state index in [4.69, 9.17) is 9.84 Å². The second kappa shape index (κ2) is 7.75. The molecule has 0 saturated carbocycles. The van der Waals surface area contributed by atoms with Crippen LogP contribution >= 0.6 is 0 Å². The molecule has 2 aromatic carbocycles. The lowest BCUT2D eigenvalue weighted by Crippen LogP contribution is -2.24. The number of carboxylic acids is 1. The normalized spacial score (nSPS) is 15.2. The Kier molecular flexibility index (Phi) is 5.37. The van der Waals surface area contributed by atoms with Gasteiger partial charge in [0, 0.05) is 11.4 Å². The van der Waals surface area contributed by atoms with Crippen molar-refractivity contribution in [3.05, 3.63) is 81.6 Å². The number of benzene rings is 2. The quantitative estimate of drug-likeness (QED) is 0.632. The van der Waals surface area contributed by atoms with Crippen molar-refractivity contribution in [1.29, 1.82) is 0 Å². The number of nitrogens with zero attached hydrogens (tertiary/aromatic N) is 1. The van der Waals surface area contributed by atoms with Crippen molar-refractivity contribution in [1.82, 2.24) is 0 Å². The second-order valence-electron chi connectivity index (χ2n) is 6.92. The molecule has 6 heteroatoms. The molecule has 3 rings (SSSR count). The molecule has 0 bridgehead atoms. The highest BCUT2D eigenvalue weighted by molar-refractivity contribution is 6.23. The Balaban J connectivity index is 2.12. The van der Waals surface area contributed by atoms with Crippen LogP contribution in [-0.4, -0.2) is 30.1 Å². The van der Waals surface area contributed by atoms with Crippen LogP contribution in [0, 0.1) is 13.8 Å². The van der Waals surface area contributed by atoms with E-state index in [9.17, 15) is 14.4 Å². The molecule has 29 heavy (non-hydrogen) atoms. The fraction of sp³-hybridized carbons (Fsp3) is 0.174. The zero-order valence-corrected chi connectivity index (χ0v) is 16.6. The van der Waals surface area contributed by atoms with Gasteiger partial charge >= 0.3 is 11.9 Å². The SMILES string of the molecule is COC(=O)C1=C(C)N(c2cc(C)cc(C)c2)C(=O)/C1=C\c1ccc(C(=O)O)cc1. The number of allylic oxidation sites excluding steroid dienone is 1. The number of methoxy groups -OCH3 is 1. The number of amides is 1. The van der Waals surface area contributed by atoms with Gasteiger partial charge in [0.25, 0.3) is 5.91 Å². The minimum absolute atomic E-state index is 0.140. The van der Waals surface area contributed by atoms with E-state index in [1.54, 1.807) is 25.1 Å². The zero-order valence-electron chi connectivity index (χ0n) is 16.6. The summed E-state index contributed by atoms with van der Waals surface area (Å²) in [4.78, 5) is 38.3. The second-order valence-corrected chi connectivity index (χ2v) is 6.92. The smallest absolute Gasteiger partial charge is 0.340 e. The van der Waals surface area contributed by atoms with Crippen LogP contribution in [0.1, 0.15) is 34.0 Å². The Morgan fingerprint density at radius 2 is 1.59 bits per heavy atom. The van der Waals surface area contributed by atoms with Gasteiger partial charge in [-0.3, -0.25) is 9.69 Å². The summed E-state index contributed by atoms with van der Waals surface area (Å²) in [7, 11) is 1.27. The Morgan fingerprint density at radius 1 is 1.00 bits per heavy atom. The summed E-state index contributed by atoms with van der Waals surface area (Å²) in [5.74, 6) is -1.97. The summed E-state index contributed by atoms with van der Waals surface area (Å²) in [6, 6.07) is 11.8. The van der Waals surface area contributed by atoms with Crippen LogP contribution in [0.4, 0.5) is 5.69 Å². The van der Waals surface area contributed by atoms with Crippen molar-refractivity contribution in [3.8, 4) is 0 Å². The van der Waals surface area contributed by atoms with Gasteiger partial charge in [-0.2, -0.15) is 0 Å². The maximum Gasteiger partial charge on any atom is 0.340 e. The van der Waals surface area contributed by atoms with Crippen LogP contribution < -0.4 is 4.90 Å². The summed E-state index contributed by atoms with van der Waals surface area (Å²) >= 11 is 0. The monoisotopic (exact) mass is 391 g/mol. The molecule has 1 heterocycles. The van der Waals surface area contributed by atoms with Gasteiger partial charge in [-0.25, -0.2) is 9.59 Å². The number of esters is 1. The van der Waals surface area contributed by atoms with E-state index >= 15 is 0 Å². The predicted molar refractivity (Wildman–Crippen MR) is 109 cm³/mol. The lowest BCUT2D eigenvalue weighted by Gasteiger charge is -2.19. The van der Waals surface area contributed by atoms with Crippen LogP contribution in [0.25, 0.3) is 6.08 Å². The fourth-order valence-electron chi connectivity index (χ4n) is 3.46. The first-order chi connectivity index (χ1) is 13.7. The van der Waals surface area contributed by atoms with Crippen molar-refractivity contribution in [2.45, 2.75) is 20.8 Å². The summed E-state index contributed by atoms with van der Waals surface area (Å²) < 4.78 is 4.91. The number of carbonyl (C=O) groups is 3. The van der Waals surface area contributed by atoms with Crippen molar-refractivity contribution >= 4 is 29.6 Å². The molecule has 148 valence electrons. The number of hydrogen-bond acceptors (Lipinski definition) is 4. The van der Waals surface area contributed by atoms with Crippen LogP contribution in [0.15, 0.2) is 59.3 Å². The summed E-state index contributed by atoms with van der Waals surface area (Å²) in [6.45, 7) is 5.59. The Labute approximate surface area is 168 Å². The third-order valence-electron chi connectivity index (χ3n) is 4.72. The fourth-order valence-corrected chi connectivity index (χ4v) is 3.46. The van der Waals surface area contributed by atoms with Gasteiger partial charge in [-0.1, -0.05) is 18.2 Å². The van der Waals surface area contributed by atoms with Gasteiger partial charge < -0.3 is 9.84 Å². The molecule has 0 fully saturated rings. The Bertz CT molecular complexity index is 1060. The van der Waals surface area contributed by atoms with Crippen molar-refractivity contribution in [3.63, 3.8) is 0 Å². The number of aryl methyl sites for hydroxylation is 2. The van der Waals surface area contributed by atoms with Gasteiger partial charge in [0.2, 0.25) is 0 Å². The van der Waals surface area contributed by atoms with Crippen molar-refractivity contribution in [2.24, 2.45) is 0 Å². The summed E-state index contributed by atoms with van der Waals surface area (Å²) in [6.07, 6.45) is 1.58. The highest BCUT2D eigenvalue weighted by Crippen LogP contribution is 2.36. The molecule has 1 amide bonds. The Morgan fingerprint density at radius 3 is 2.10 bits per heavy atom. The molecule has 0 spiro atoms. The largest absolute Gasteiger partial charge is 0.478 e. The van der Waals surface area contributed by atoms with Gasteiger partial charge in [0.15, 0.2) is 0 Å². The topological polar surface area (TPSA) is 83.9 Å².